The van der Waals surface area contributed by atoms with Gasteiger partial charge in [-0.15, -0.1) is 0 Å². The number of hydrogen-bond acceptors (Lipinski definition) is 6. The molecule has 0 atom stereocenters. The first-order valence-electron chi connectivity index (χ1n) is 9.75. The molecule has 4 N–H and O–H groups in total. The maximum absolute atomic E-state index is 11.8. The van der Waals surface area contributed by atoms with Gasteiger partial charge in [0.2, 0.25) is 5.91 Å². The molecule has 8 nitrogen and oxygen atoms in total. The largest absolute Gasteiger partial charge is 0.394 e. The van der Waals surface area contributed by atoms with E-state index in [1.165, 1.54) is 0 Å². The maximum atomic E-state index is 11.8. The van der Waals surface area contributed by atoms with Gasteiger partial charge in [0.05, 0.1) is 11.0 Å². The van der Waals surface area contributed by atoms with Crippen LogP contribution in [0.4, 0.5) is 5.82 Å². The molecule has 0 aliphatic rings. The van der Waals surface area contributed by atoms with Gasteiger partial charge in [0, 0.05) is 38.6 Å². The van der Waals surface area contributed by atoms with Crippen molar-refractivity contribution in [1.29, 1.82) is 0 Å². The number of rotatable bonds is 5. The van der Waals surface area contributed by atoms with Crippen LogP contribution in [0.2, 0.25) is 0 Å². The Bertz CT molecular complexity index is 992. The number of anilines is 1. The predicted molar refractivity (Wildman–Crippen MR) is 115 cm³/mol. The first kappa shape index (κ1) is 22.6. The lowest BCUT2D eigenvalue weighted by Crippen LogP contribution is -2.21. The number of aliphatic hydroxyl groups is 2. The fraction of sp³-hybridized carbons (Fsp3) is 0.476. The first-order chi connectivity index (χ1) is 13.7. The number of hydrogen-bond donors (Lipinski definition) is 3. The summed E-state index contributed by atoms with van der Waals surface area (Å²) in [5, 5.41) is 18.5. The Morgan fingerprint density at radius 1 is 1.28 bits per heavy atom. The van der Waals surface area contributed by atoms with Gasteiger partial charge in [0.1, 0.15) is 17.9 Å². The van der Waals surface area contributed by atoms with Crippen molar-refractivity contribution in [2.75, 3.05) is 19.8 Å². The summed E-state index contributed by atoms with van der Waals surface area (Å²) in [5.41, 5.74) is 9.43. The highest BCUT2D eigenvalue weighted by atomic mass is 16.3. The van der Waals surface area contributed by atoms with E-state index in [0.717, 1.165) is 22.0 Å². The second-order valence-corrected chi connectivity index (χ2v) is 7.36. The number of amides is 1. The minimum atomic E-state index is -0.167. The third kappa shape index (κ3) is 5.21. The monoisotopic (exact) mass is 401 g/mol. The van der Waals surface area contributed by atoms with Crippen LogP contribution in [0.3, 0.4) is 0 Å². The van der Waals surface area contributed by atoms with E-state index >= 15 is 0 Å². The van der Waals surface area contributed by atoms with Gasteiger partial charge >= 0.3 is 0 Å². The Kier molecular flexibility index (Phi) is 7.53. The molecule has 0 bridgehead atoms. The Morgan fingerprint density at radius 3 is 2.48 bits per heavy atom. The van der Waals surface area contributed by atoms with Crippen LogP contribution in [0.25, 0.3) is 21.9 Å². The summed E-state index contributed by atoms with van der Waals surface area (Å²) in [5.74, 6) is 1.03. The summed E-state index contributed by atoms with van der Waals surface area (Å²) in [7, 11) is 3.51. The van der Waals surface area contributed by atoms with Crippen LogP contribution in [0.1, 0.15) is 38.6 Å². The molecule has 0 aliphatic heterocycles. The summed E-state index contributed by atoms with van der Waals surface area (Å²) in [6.07, 6.45) is 0.944. The van der Waals surface area contributed by atoms with Gasteiger partial charge in [0.15, 0.2) is 5.82 Å². The van der Waals surface area contributed by atoms with Crippen molar-refractivity contribution in [2.45, 2.75) is 52.9 Å². The molecule has 3 aromatic rings. The van der Waals surface area contributed by atoms with E-state index in [1.54, 1.807) is 32.8 Å². The average molecular weight is 402 g/mol. The van der Waals surface area contributed by atoms with Crippen LogP contribution in [0, 0.1) is 0 Å². The normalized spacial score (nSPS) is 11.0. The fourth-order valence-electron chi connectivity index (χ4n) is 3.10. The van der Waals surface area contributed by atoms with Crippen LogP contribution in [-0.2, 0) is 24.4 Å². The van der Waals surface area contributed by atoms with E-state index in [4.69, 9.17) is 10.8 Å². The molecule has 158 valence electrons. The molecule has 1 aromatic carbocycles. The number of imidazole rings is 1. The van der Waals surface area contributed by atoms with Crippen molar-refractivity contribution in [3.63, 3.8) is 0 Å². The van der Waals surface area contributed by atoms with E-state index in [1.807, 2.05) is 29.7 Å². The number of fused-ring (bicyclic) bond motifs is 3. The lowest BCUT2D eigenvalue weighted by atomic mass is 10.1. The van der Waals surface area contributed by atoms with Gasteiger partial charge < -0.3 is 25.4 Å². The molecule has 0 fully saturated rings. The Morgan fingerprint density at radius 2 is 1.93 bits per heavy atom. The first-order valence-corrected chi connectivity index (χ1v) is 9.75. The summed E-state index contributed by atoms with van der Waals surface area (Å²) < 4.78 is 1.96. The van der Waals surface area contributed by atoms with Crippen molar-refractivity contribution >= 4 is 33.7 Å². The number of aliphatic hydroxyl groups excluding tert-OH is 2. The lowest BCUT2D eigenvalue weighted by Gasteiger charge is -2.11. The number of aryl methyl sites for hydroxylation is 2. The smallest absolute Gasteiger partial charge is 0.222 e. The van der Waals surface area contributed by atoms with Gasteiger partial charge in [0.25, 0.3) is 0 Å². The van der Waals surface area contributed by atoms with Crippen LogP contribution in [0.15, 0.2) is 18.2 Å². The molecule has 8 heteroatoms. The van der Waals surface area contributed by atoms with Gasteiger partial charge in [-0.2, -0.15) is 0 Å². The maximum Gasteiger partial charge on any atom is 0.222 e. The van der Waals surface area contributed by atoms with E-state index in [0.29, 0.717) is 36.5 Å². The van der Waals surface area contributed by atoms with Gasteiger partial charge in [-0.05, 0) is 38.8 Å². The number of nitrogens with two attached hydrogens (primary N) is 1. The molecule has 29 heavy (non-hydrogen) atoms. The molecule has 0 saturated heterocycles. The number of benzene rings is 1. The quantitative estimate of drug-likeness (QED) is 0.603. The number of nitrogen functional groups attached to an aromatic ring is 1. The Labute approximate surface area is 171 Å². The second kappa shape index (κ2) is 9.67. The molecule has 1 amide bonds. The zero-order valence-electron chi connectivity index (χ0n) is 17.8. The highest BCUT2D eigenvalue weighted by Gasteiger charge is 2.16. The summed E-state index contributed by atoms with van der Waals surface area (Å²) in [4.78, 5) is 22.3. The van der Waals surface area contributed by atoms with Crippen molar-refractivity contribution in [3.05, 3.63) is 29.6 Å². The van der Waals surface area contributed by atoms with Gasteiger partial charge in [-0.25, -0.2) is 9.97 Å². The number of pyridine rings is 1. The fourth-order valence-corrected chi connectivity index (χ4v) is 3.10. The van der Waals surface area contributed by atoms with Crippen LogP contribution in [0.5, 0.6) is 0 Å². The van der Waals surface area contributed by atoms with E-state index in [9.17, 15) is 9.90 Å². The molecule has 2 heterocycles. The molecular formula is C21H31N5O3. The minimum absolute atomic E-state index is 0.0969. The zero-order chi connectivity index (χ0) is 21.7. The topological polar surface area (TPSA) is 117 Å². The molecule has 3 rings (SSSR count). The summed E-state index contributed by atoms with van der Waals surface area (Å²) in [6, 6.07) is 5.97. The van der Waals surface area contributed by atoms with Crippen LogP contribution < -0.4 is 5.73 Å². The van der Waals surface area contributed by atoms with Gasteiger partial charge in [-0.1, -0.05) is 12.1 Å². The van der Waals surface area contributed by atoms with Gasteiger partial charge in [-0.3, -0.25) is 4.79 Å². The van der Waals surface area contributed by atoms with Crippen LogP contribution in [-0.4, -0.2) is 55.8 Å². The predicted octanol–water partition coefficient (Wildman–Crippen LogP) is 2.09. The highest BCUT2D eigenvalue weighted by molar-refractivity contribution is 6.06. The Balaban J connectivity index is 0.000000687. The van der Waals surface area contributed by atoms with Crippen molar-refractivity contribution < 1.29 is 15.0 Å². The van der Waals surface area contributed by atoms with Crippen LogP contribution >= 0.6 is 0 Å². The minimum Gasteiger partial charge on any atom is -0.394 e. The molecule has 0 unspecified atom stereocenters. The van der Waals surface area contributed by atoms with Crippen molar-refractivity contribution in [2.24, 2.45) is 0 Å². The average Bonchev–Trinajstić information content (AvgIpc) is 3.04. The summed E-state index contributed by atoms with van der Waals surface area (Å²) >= 11 is 0. The molecule has 0 radical (unpaired) electrons. The SMILES string of the molecule is CC(C)O.CCn1c(CO)nc2c(N)nc3cc(CCC(=O)N(C)C)ccc3c21. The second-order valence-electron chi connectivity index (χ2n) is 7.36. The highest BCUT2D eigenvalue weighted by Crippen LogP contribution is 2.29. The number of aromatic nitrogens is 3. The van der Waals surface area contributed by atoms with Crippen molar-refractivity contribution in [3.8, 4) is 0 Å². The van der Waals surface area contributed by atoms with E-state index < -0.39 is 0 Å². The number of nitrogens with zero attached hydrogens (tertiary/aromatic N) is 4. The summed E-state index contributed by atoms with van der Waals surface area (Å²) in [6.45, 7) is 5.99. The molecule has 2 aromatic heterocycles. The third-order valence-corrected chi connectivity index (χ3v) is 4.43. The Hall–Kier alpha value is -2.71. The van der Waals surface area contributed by atoms with Crippen molar-refractivity contribution in [1.82, 2.24) is 19.4 Å². The lowest BCUT2D eigenvalue weighted by molar-refractivity contribution is -0.128. The standard InChI is InChI=1S/C18H23N5O2.C3H8O/c1-4-23-14(10-24)21-16-17(23)12-7-5-11(6-8-15(25)22(2)3)9-13(12)20-18(16)19;1-3(2)4/h5,7,9,24H,4,6,8,10H2,1-3H3,(H2,19,20);3-4H,1-2H3. The van der Waals surface area contributed by atoms with E-state index in [2.05, 4.69) is 9.97 Å². The molecule has 0 aliphatic carbocycles. The molecule has 0 saturated carbocycles. The number of carbonyl (C=O) groups excluding carboxylic acids is 1. The molecular weight excluding hydrogens is 370 g/mol. The van der Waals surface area contributed by atoms with E-state index in [-0.39, 0.29) is 18.6 Å². The number of carbonyl (C=O) groups is 1. The molecule has 0 spiro atoms. The zero-order valence-corrected chi connectivity index (χ0v) is 17.8. The third-order valence-electron chi connectivity index (χ3n) is 4.43.